The molecule has 4 heteroatoms. The minimum absolute atomic E-state index is 0.0945. The summed E-state index contributed by atoms with van der Waals surface area (Å²) in [6.45, 7) is 0. The lowest BCUT2D eigenvalue weighted by Crippen LogP contribution is -1.90. The van der Waals surface area contributed by atoms with E-state index in [0.717, 1.165) is 21.3 Å². The Bertz CT molecular complexity index is 830. The van der Waals surface area contributed by atoms with E-state index in [2.05, 4.69) is 15.9 Å². The monoisotopic (exact) mass is 344 g/mol. The van der Waals surface area contributed by atoms with Gasteiger partial charge in [0.05, 0.1) is 0 Å². The van der Waals surface area contributed by atoms with Gasteiger partial charge in [-0.1, -0.05) is 28.1 Å². The zero-order valence-electron chi connectivity index (χ0n) is 10.8. The van der Waals surface area contributed by atoms with E-state index in [-0.39, 0.29) is 11.3 Å². The molecule has 0 heterocycles. The fourth-order valence-corrected chi connectivity index (χ4v) is 2.44. The van der Waals surface area contributed by atoms with E-state index in [0.29, 0.717) is 12.0 Å². The molecule has 3 aromatic carbocycles. The van der Waals surface area contributed by atoms with Crippen LogP contribution in [0.3, 0.4) is 0 Å². The first-order valence-corrected chi connectivity index (χ1v) is 7.07. The van der Waals surface area contributed by atoms with Crippen LogP contribution in [0, 0.1) is 5.82 Å². The van der Waals surface area contributed by atoms with Crippen LogP contribution in [-0.4, -0.2) is 6.29 Å². The third-order valence-corrected chi connectivity index (χ3v) is 3.59. The highest BCUT2D eigenvalue weighted by molar-refractivity contribution is 9.10. The van der Waals surface area contributed by atoms with E-state index in [1.807, 2.05) is 30.3 Å². The molecule has 2 nitrogen and oxygen atoms in total. The number of rotatable bonds is 3. The van der Waals surface area contributed by atoms with Crippen LogP contribution in [-0.2, 0) is 0 Å². The van der Waals surface area contributed by atoms with Crippen LogP contribution in [0.4, 0.5) is 4.39 Å². The van der Waals surface area contributed by atoms with Crippen molar-refractivity contribution in [3.05, 3.63) is 70.5 Å². The summed E-state index contributed by atoms with van der Waals surface area (Å²) in [7, 11) is 0. The number of halogens is 2. The molecule has 0 saturated heterocycles. The van der Waals surface area contributed by atoms with Crippen LogP contribution in [0.1, 0.15) is 10.4 Å². The van der Waals surface area contributed by atoms with Gasteiger partial charge >= 0.3 is 0 Å². The third kappa shape index (κ3) is 2.95. The quantitative estimate of drug-likeness (QED) is 0.599. The molecule has 0 radical (unpaired) electrons. The SMILES string of the molecule is O=Cc1ccc(Oc2ccc3cc(Br)ccc3c2)c(F)c1. The number of carbonyl (C=O) groups excluding carboxylic acids is 1. The van der Waals surface area contributed by atoms with Gasteiger partial charge in [-0.3, -0.25) is 4.79 Å². The molecule has 104 valence electrons. The molecule has 0 atom stereocenters. The van der Waals surface area contributed by atoms with Crippen molar-refractivity contribution in [3.8, 4) is 11.5 Å². The number of carbonyl (C=O) groups is 1. The maximum Gasteiger partial charge on any atom is 0.166 e. The molecule has 21 heavy (non-hydrogen) atoms. The van der Waals surface area contributed by atoms with Gasteiger partial charge in [-0.25, -0.2) is 4.39 Å². The highest BCUT2D eigenvalue weighted by Crippen LogP contribution is 2.29. The van der Waals surface area contributed by atoms with Gasteiger partial charge < -0.3 is 4.74 Å². The Morgan fingerprint density at radius 2 is 1.71 bits per heavy atom. The van der Waals surface area contributed by atoms with Crippen molar-refractivity contribution < 1.29 is 13.9 Å². The standard InChI is InChI=1S/C17H10BrFO2/c18-14-4-2-13-9-15(5-3-12(13)8-14)21-17-6-1-11(10-20)7-16(17)19/h1-10H. The van der Waals surface area contributed by atoms with Crippen LogP contribution in [0.2, 0.25) is 0 Å². The molecule has 0 aliphatic heterocycles. The number of benzene rings is 3. The third-order valence-electron chi connectivity index (χ3n) is 3.09. The molecule has 3 aromatic rings. The largest absolute Gasteiger partial charge is 0.454 e. The molecule has 0 saturated carbocycles. The molecule has 0 fully saturated rings. The number of ether oxygens (including phenoxy) is 1. The topological polar surface area (TPSA) is 26.3 Å². The highest BCUT2D eigenvalue weighted by atomic mass is 79.9. The lowest BCUT2D eigenvalue weighted by molar-refractivity contribution is 0.112. The number of hydrogen-bond donors (Lipinski definition) is 0. The van der Waals surface area contributed by atoms with Gasteiger partial charge in [-0.2, -0.15) is 0 Å². The number of aldehydes is 1. The fourth-order valence-electron chi connectivity index (χ4n) is 2.06. The van der Waals surface area contributed by atoms with E-state index in [1.54, 1.807) is 6.07 Å². The molecule has 0 unspecified atom stereocenters. The summed E-state index contributed by atoms with van der Waals surface area (Å²) in [6, 6.07) is 15.5. The second-order valence-electron chi connectivity index (χ2n) is 4.56. The van der Waals surface area contributed by atoms with E-state index in [4.69, 9.17) is 4.74 Å². The molecule has 0 N–H and O–H groups in total. The lowest BCUT2D eigenvalue weighted by atomic mass is 10.1. The Hall–Kier alpha value is -2.20. The summed E-state index contributed by atoms with van der Waals surface area (Å²) in [5.41, 5.74) is 0.281. The Kier molecular flexibility index (Phi) is 3.71. The van der Waals surface area contributed by atoms with Crippen molar-refractivity contribution in [1.82, 2.24) is 0 Å². The Balaban J connectivity index is 1.94. The summed E-state index contributed by atoms with van der Waals surface area (Å²) < 4.78 is 20.3. The number of hydrogen-bond acceptors (Lipinski definition) is 2. The van der Waals surface area contributed by atoms with Crippen molar-refractivity contribution in [3.63, 3.8) is 0 Å². The van der Waals surface area contributed by atoms with Gasteiger partial charge in [0.25, 0.3) is 0 Å². The molecule has 0 spiro atoms. The first-order valence-electron chi connectivity index (χ1n) is 6.27. The maximum absolute atomic E-state index is 13.8. The summed E-state index contributed by atoms with van der Waals surface area (Å²) in [4.78, 5) is 10.6. The van der Waals surface area contributed by atoms with Gasteiger partial charge in [0.2, 0.25) is 0 Å². The summed E-state index contributed by atoms with van der Waals surface area (Å²) in [6.07, 6.45) is 0.598. The van der Waals surface area contributed by atoms with Gasteiger partial charge in [0, 0.05) is 10.0 Å². The molecule has 3 rings (SSSR count). The van der Waals surface area contributed by atoms with Gasteiger partial charge in [-0.05, 0) is 53.2 Å². The summed E-state index contributed by atoms with van der Waals surface area (Å²) in [5.74, 6) is 0.0788. The molecule has 0 aliphatic rings. The second-order valence-corrected chi connectivity index (χ2v) is 5.48. The predicted octanol–water partition coefficient (Wildman–Crippen LogP) is 5.35. The van der Waals surface area contributed by atoms with Crippen molar-refractivity contribution in [2.24, 2.45) is 0 Å². The smallest absolute Gasteiger partial charge is 0.166 e. The molecular formula is C17H10BrFO2. The minimum atomic E-state index is -0.560. The average molecular weight is 345 g/mol. The summed E-state index contributed by atoms with van der Waals surface area (Å²) >= 11 is 3.42. The molecule has 0 bridgehead atoms. The Labute approximate surface area is 129 Å². The zero-order chi connectivity index (χ0) is 14.8. The summed E-state index contributed by atoms with van der Waals surface area (Å²) in [5, 5.41) is 2.06. The number of fused-ring (bicyclic) bond motifs is 1. The predicted molar refractivity (Wildman–Crippen MR) is 83.5 cm³/mol. The van der Waals surface area contributed by atoms with Gasteiger partial charge in [0.1, 0.15) is 12.0 Å². The van der Waals surface area contributed by atoms with E-state index in [9.17, 15) is 9.18 Å². The zero-order valence-corrected chi connectivity index (χ0v) is 12.4. The Morgan fingerprint density at radius 1 is 0.952 bits per heavy atom. The maximum atomic E-state index is 13.8. The first kappa shape index (κ1) is 13.8. The van der Waals surface area contributed by atoms with Crippen molar-refractivity contribution >= 4 is 33.0 Å². The average Bonchev–Trinajstić information content (AvgIpc) is 2.49. The molecule has 0 aliphatic carbocycles. The van der Waals surface area contributed by atoms with Crippen molar-refractivity contribution in [1.29, 1.82) is 0 Å². The highest BCUT2D eigenvalue weighted by Gasteiger charge is 2.06. The van der Waals surface area contributed by atoms with Gasteiger partial charge in [0.15, 0.2) is 11.6 Å². The molecule has 0 aromatic heterocycles. The fraction of sp³-hybridized carbons (Fsp3) is 0. The molecule has 0 amide bonds. The van der Waals surface area contributed by atoms with E-state index in [1.165, 1.54) is 12.1 Å². The van der Waals surface area contributed by atoms with Crippen LogP contribution in [0.15, 0.2) is 59.1 Å². The van der Waals surface area contributed by atoms with Crippen molar-refractivity contribution in [2.45, 2.75) is 0 Å². The van der Waals surface area contributed by atoms with Crippen LogP contribution in [0.5, 0.6) is 11.5 Å². The van der Waals surface area contributed by atoms with E-state index >= 15 is 0 Å². The Morgan fingerprint density at radius 3 is 2.48 bits per heavy atom. The van der Waals surface area contributed by atoms with Gasteiger partial charge in [-0.15, -0.1) is 0 Å². The van der Waals surface area contributed by atoms with Crippen molar-refractivity contribution in [2.75, 3.05) is 0 Å². The lowest BCUT2D eigenvalue weighted by Gasteiger charge is -2.08. The van der Waals surface area contributed by atoms with Crippen LogP contribution >= 0.6 is 15.9 Å². The first-order chi connectivity index (χ1) is 10.2. The molecular weight excluding hydrogens is 335 g/mol. The van der Waals surface area contributed by atoms with Crippen LogP contribution in [0.25, 0.3) is 10.8 Å². The second kappa shape index (κ2) is 5.66. The minimum Gasteiger partial charge on any atom is -0.454 e. The van der Waals surface area contributed by atoms with Crippen LogP contribution < -0.4 is 4.74 Å². The normalized spacial score (nSPS) is 10.6. The van der Waals surface area contributed by atoms with E-state index < -0.39 is 5.82 Å².